The maximum absolute atomic E-state index is 14.0. The molecule has 0 aliphatic heterocycles. The molecular formula is C29H32Cl3N3O4S. The molecule has 3 rings (SSSR count). The average Bonchev–Trinajstić information content (AvgIpc) is 2.91. The maximum Gasteiger partial charge on any atom is 0.264 e. The number of carbonyl (C=O) groups excluding carboxylic acids is 2. The molecule has 1 N–H and O–H groups in total. The highest BCUT2D eigenvalue weighted by molar-refractivity contribution is 7.92. The van der Waals surface area contributed by atoms with Crippen molar-refractivity contribution in [2.24, 2.45) is 5.92 Å². The summed E-state index contributed by atoms with van der Waals surface area (Å²) in [5.74, 6) is -0.655. The zero-order chi connectivity index (χ0) is 29.4. The lowest BCUT2D eigenvalue weighted by Crippen LogP contribution is -2.52. The lowest BCUT2D eigenvalue weighted by Gasteiger charge is -2.33. The average molecular weight is 625 g/mol. The van der Waals surface area contributed by atoms with Gasteiger partial charge in [0.1, 0.15) is 12.6 Å². The van der Waals surface area contributed by atoms with Crippen molar-refractivity contribution in [3.05, 3.63) is 93.4 Å². The molecule has 0 saturated carbocycles. The third-order valence-electron chi connectivity index (χ3n) is 6.11. The molecule has 0 aromatic heterocycles. The summed E-state index contributed by atoms with van der Waals surface area (Å²) in [5.41, 5.74) is 0.947. The molecule has 3 aromatic carbocycles. The van der Waals surface area contributed by atoms with Gasteiger partial charge in [0.25, 0.3) is 10.0 Å². The summed E-state index contributed by atoms with van der Waals surface area (Å²) in [6.45, 7) is 5.71. The van der Waals surface area contributed by atoms with Crippen LogP contribution in [-0.4, -0.2) is 44.3 Å². The molecule has 2 amide bonds. The van der Waals surface area contributed by atoms with Crippen molar-refractivity contribution in [3.63, 3.8) is 0 Å². The third-order valence-corrected chi connectivity index (χ3v) is 8.64. The van der Waals surface area contributed by atoms with Gasteiger partial charge < -0.3 is 10.2 Å². The first kappa shape index (κ1) is 31.7. The van der Waals surface area contributed by atoms with Gasteiger partial charge in [0.05, 0.1) is 10.6 Å². The quantitative estimate of drug-likeness (QED) is 0.252. The lowest BCUT2D eigenvalue weighted by atomic mass is 10.1. The molecular weight excluding hydrogens is 593 g/mol. The van der Waals surface area contributed by atoms with E-state index in [1.54, 1.807) is 49.4 Å². The predicted octanol–water partition coefficient (Wildman–Crippen LogP) is 6.42. The van der Waals surface area contributed by atoms with Crippen molar-refractivity contribution in [2.75, 3.05) is 17.4 Å². The smallest absolute Gasteiger partial charge is 0.264 e. The fraction of sp³-hybridized carbons (Fsp3) is 0.310. The first-order chi connectivity index (χ1) is 18.9. The maximum atomic E-state index is 14.0. The van der Waals surface area contributed by atoms with E-state index in [1.165, 1.54) is 35.2 Å². The number of anilines is 1. The summed E-state index contributed by atoms with van der Waals surface area (Å²) in [7, 11) is -4.22. The van der Waals surface area contributed by atoms with Gasteiger partial charge in [0.15, 0.2) is 0 Å². The van der Waals surface area contributed by atoms with Crippen LogP contribution in [0.2, 0.25) is 15.1 Å². The number of hydrogen-bond acceptors (Lipinski definition) is 4. The van der Waals surface area contributed by atoms with E-state index in [0.717, 1.165) is 9.87 Å². The highest BCUT2D eigenvalue weighted by atomic mass is 35.5. The topological polar surface area (TPSA) is 86.8 Å². The van der Waals surface area contributed by atoms with E-state index in [-0.39, 0.29) is 29.0 Å². The number of benzene rings is 3. The van der Waals surface area contributed by atoms with E-state index in [0.29, 0.717) is 28.0 Å². The molecule has 0 aliphatic carbocycles. The van der Waals surface area contributed by atoms with Crippen molar-refractivity contribution in [3.8, 4) is 0 Å². The second kappa shape index (κ2) is 14.2. The normalized spacial score (nSPS) is 12.2. The zero-order valence-corrected chi connectivity index (χ0v) is 25.6. The number of nitrogens with one attached hydrogen (secondary N) is 1. The zero-order valence-electron chi connectivity index (χ0n) is 22.5. The molecule has 40 heavy (non-hydrogen) atoms. The summed E-state index contributed by atoms with van der Waals surface area (Å²) in [6.07, 6.45) is 0.324. The van der Waals surface area contributed by atoms with Crippen LogP contribution in [0.1, 0.15) is 32.8 Å². The van der Waals surface area contributed by atoms with Crippen molar-refractivity contribution in [1.82, 2.24) is 10.2 Å². The summed E-state index contributed by atoms with van der Waals surface area (Å²) >= 11 is 18.2. The van der Waals surface area contributed by atoms with Crippen molar-refractivity contribution in [1.29, 1.82) is 0 Å². The Morgan fingerprint density at radius 2 is 1.48 bits per heavy atom. The Labute approximate surface area is 251 Å². The fourth-order valence-corrected chi connectivity index (χ4v) is 5.86. The van der Waals surface area contributed by atoms with Gasteiger partial charge in [-0.3, -0.25) is 13.9 Å². The molecule has 7 nitrogen and oxygen atoms in total. The first-order valence-electron chi connectivity index (χ1n) is 12.8. The van der Waals surface area contributed by atoms with Gasteiger partial charge in [0.2, 0.25) is 11.8 Å². The van der Waals surface area contributed by atoms with Gasteiger partial charge in [-0.15, -0.1) is 0 Å². The molecule has 11 heteroatoms. The number of nitrogens with zero attached hydrogens (tertiary/aromatic N) is 2. The van der Waals surface area contributed by atoms with Gasteiger partial charge in [-0.2, -0.15) is 0 Å². The Kier molecular flexibility index (Phi) is 11.3. The Balaban J connectivity index is 2.04. The Bertz CT molecular complexity index is 1420. The SMILES string of the molecule is CC[C@@H](C(=O)NCC(C)C)N(Cc1ccc(Cl)cc1)C(=O)CN(c1cccc(Cl)c1)S(=O)(=O)c1ccc(Cl)cc1. The van der Waals surface area contributed by atoms with Gasteiger partial charge >= 0.3 is 0 Å². The van der Waals surface area contributed by atoms with E-state index in [4.69, 9.17) is 34.8 Å². The number of hydrogen-bond donors (Lipinski definition) is 1. The van der Waals surface area contributed by atoms with Gasteiger partial charge in [0, 0.05) is 28.2 Å². The first-order valence-corrected chi connectivity index (χ1v) is 15.3. The minimum atomic E-state index is -4.22. The minimum Gasteiger partial charge on any atom is -0.354 e. The molecule has 0 radical (unpaired) electrons. The highest BCUT2D eigenvalue weighted by Crippen LogP contribution is 2.28. The molecule has 3 aromatic rings. The molecule has 0 bridgehead atoms. The number of carbonyl (C=O) groups is 2. The van der Waals surface area contributed by atoms with E-state index < -0.39 is 28.5 Å². The van der Waals surface area contributed by atoms with Crippen molar-refractivity contribution in [2.45, 2.75) is 44.7 Å². The second-order valence-electron chi connectivity index (χ2n) is 9.66. The minimum absolute atomic E-state index is 0.0457. The summed E-state index contributed by atoms with van der Waals surface area (Å²) in [4.78, 5) is 28.6. The van der Waals surface area contributed by atoms with Crippen LogP contribution in [0.25, 0.3) is 0 Å². The fourth-order valence-electron chi connectivity index (χ4n) is 4.02. The number of halogens is 3. The molecule has 0 heterocycles. The highest BCUT2D eigenvalue weighted by Gasteiger charge is 2.33. The van der Waals surface area contributed by atoms with Crippen LogP contribution in [0.4, 0.5) is 5.69 Å². The lowest BCUT2D eigenvalue weighted by molar-refractivity contribution is -0.140. The predicted molar refractivity (Wildman–Crippen MR) is 161 cm³/mol. The summed E-state index contributed by atoms with van der Waals surface area (Å²) < 4.78 is 28.7. The molecule has 0 saturated heterocycles. The molecule has 0 aliphatic rings. The van der Waals surface area contributed by atoms with Crippen LogP contribution >= 0.6 is 34.8 Å². The van der Waals surface area contributed by atoms with Crippen LogP contribution in [0.3, 0.4) is 0 Å². The molecule has 0 spiro atoms. The molecule has 0 unspecified atom stereocenters. The monoisotopic (exact) mass is 623 g/mol. The van der Waals surface area contributed by atoms with E-state index >= 15 is 0 Å². The van der Waals surface area contributed by atoms with E-state index in [9.17, 15) is 18.0 Å². The number of amides is 2. The van der Waals surface area contributed by atoms with Crippen LogP contribution in [0, 0.1) is 5.92 Å². The van der Waals surface area contributed by atoms with Crippen LogP contribution in [-0.2, 0) is 26.2 Å². The van der Waals surface area contributed by atoms with Crippen molar-refractivity contribution >= 4 is 62.3 Å². The van der Waals surface area contributed by atoms with Gasteiger partial charge in [-0.05, 0) is 72.5 Å². The third kappa shape index (κ3) is 8.36. The second-order valence-corrected chi connectivity index (χ2v) is 12.8. The summed E-state index contributed by atoms with van der Waals surface area (Å²) in [5, 5.41) is 4.11. The standard InChI is InChI=1S/C29H32Cl3N3O4S/c1-4-27(29(37)33-17-20(2)3)34(18-21-8-10-22(30)11-9-21)28(36)19-35(25-7-5-6-24(32)16-25)40(38,39)26-14-12-23(31)13-15-26/h5-16,20,27H,4,17-19H2,1-3H3,(H,33,37)/t27-/m0/s1. The van der Waals surface area contributed by atoms with Crippen LogP contribution in [0.5, 0.6) is 0 Å². The van der Waals surface area contributed by atoms with E-state index in [2.05, 4.69) is 5.32 Å². The largest absolute Gasteiger partial charge is 0.354 e. The number of rotatable bonds is 12. The molecule has 214 valence electrons. The van der Waals surface area contributed by atoms with Gasteiger partial charge in [-0.1, -0.05) is 73.8 Å². The Hall–Kier alpha value is -2.78. The number of sulfonamides is 1. The molecule has 0 fully saturated rings. The Morgan fingerprint density at radius 3 is 2.02 bits per heavy atom. The van der Waals surface area contributed by atoms with Crippen molar-refractivity contribution < 1.29 is 18.0 Å². The summed E-state index contributed by atoms with van der Waals surface area (Å²) in [6, 6.07) is 18.0. The van der Waals surface area contributed by atoms with Crippen LogP contribution < -0.4 is 9.62 Å². The van der Waals surface area contributed by atoms with E-state index in [1.807, 2.05) is 13.8 Å². The Morgan fingerprint density at radius 1 is 0.875 bits per heavy atom. The van der Waals surface area contributed by atoms with Crippen LogP contribution in [0.15, 0.2) is 77.7 Å². The van der Waals surface area contributed by atoms with Gasteiger partial charge in [-0.25, -0.2) is 8.42 Å². The molecule has 1 atom stereocenters.